The second-order valence-electron chi connectivity index (χ2n) is 5.92. The summed E-state index contributed by atoms with van der Waals surface area (Å²) in [7, 11) is 0. The number of carbonyl (C=O) groups excluding carboxylic acids is 1. The Morgan fingerprint density at radius 1 is 0.792 bits per heavy atom. The van der Waals surface area contributed by atoms with Crippen molar-refractivity contribution in [2.45, 2.75) is 53.4 Å². The van der Waals surface area contributed by atoms with Gasteiger partial charge in [0.25, 0.3) is 0 Å². The highest BCUT2D eigenvalue weighted by atomic mass is 16.2. The minimum absolute atomic E-state index is 0.430. The lowest BCUT2D eigenvalue weighted by atomic mass is 9.97. The molecule has 0 saturated carbocycles. The van der Waals surface area contributed by atoms with Gasteiger partial charge in [-0.2, -0.15) is 0 Å². The molecule has 3 heteroatoms. The molecular formula is C21H28N2O. The Labute approximate surface area is 145 Å². The second-order valence-corrected chi connectivity index (χ2v) is 5.92. The first-order chi connectivity index (χ1) is 11.6. The maximum atomic E-state index is 12.4. The van der Waals surface area contributed by atoms with Crippen molar-refractivity contribution in [2.75, 3.05) is 4.90 Å². The SMILES string of the molecule is CCc1cccc(N(C(N)=O)c2cccc(CC)c2CC)c1CC. The monoisotopic (exact) mass is 324 g/mol. The van der Waals surface area contributed by atoms with Gasteiger partial charge >= 0.3 is 6.03 Å². The fourth-order valence-electron chi connectivity index (χ4n) is 3.51. The highest BCUT2D eigenvalue weighted by Crippen LogP contribution is 2.35. The molecule has 2 aromatic rings. The normalized spacial score (nSPS) is 10.7. The zero-order valence-corrected chi connectivity index (χ0v) is 15.2. The third kappa shape index (κ3) is 3.30. The average molecular weight is 324 g/mol. The van der Waals surface area contributed by atoms with Crippen LogP contribution in [0.4, 0.5) is 16.2 Å². The van der Waals surface area contributed by atoms with Gasteiger partial charge in [-0.15, -0.1) is 0 Å². The summed E-state index contributed by atoms with van der Waals surface area (Å²) in [6.45, 7) is 8.53. The van der Waals surface area contributed by atoms with E-state index >= 15 is 0 Å². The summed E-state index contributed by atoms with van der Waals surface area (Å²) < 4.78 is 0. The van der Waals surface area contributed by atoms with Gasteiger partial charge in [0.1, 0.15) is 0 Å². The molecule has 0 atom stereocenters. The highest BCUT2D eigenvalue weighted by molar-refractivity contribution is 6.00. The third-order valence-electron chi connectivity index (χ3n) is 4.67. The van der Waals surface area contributed by atoms with Crippen LogP contribution in [0.15, 0.2) is 36.4 Å². The van der Waals surface area contributed by atoms with Crippen LogP contribution >= 0.6 is 0 Å². The van der Waals surface area contributed by atoms with Crippen LogP contribution < -0.4 is 10.6 Å². The van der Waals surface area contributed by atoms with Crippen molar-refractivity contribution in [1.29, 1.82) is 0 Å². The molecule has 2 N–H and O–H groups in total. The smallest absolute Gasteiger partial charge is 0.323 e. The van der Waals surface area contributed by atoms with E-state index in [0.717, 1.165) is 37.1 Å². The molecule has 2 aromatic carbocycles. The Hall–Kier alpha value is -2.29. The highest BCUT2D eigenvalue weighted by Gasteiger charge is 2.22. The van der Waals surface area contributed by atoms with E-state index in [2.05, 4.69) is 39.8 Å². The van der Waals surface area contributed by atoms with Crippen molar-refractivity contribution >= 4 is 17.4 Å². The lowest BCUT2D eigenvalue weighted by Crippen LogP contribution is -2.33. The molecule has 24 heavy (non-hydrogen) atoms. The topological polar surface area (TPSA) is 46.3 Å². The number of aryl methyl sites for hydroxylation is 2. The van der Waals surface area contributed by atoms with Gasteiger partial charge in [-0.1, -0.05) is 52.0 Å². The van der Waals surface area contributed by atoms with Crippen LogP contribution in [-0.2, 0) is 25.7 Å². The molecule has 0 radical (unpaired) electrons. The van der Waals surface area contributed by atoms with Gasteiger partial charge in [-0.3, -0.25) is 4.90 Å². The minimum atomic E-state index is -0.430. The van der Waals surface area contributed by atoms with Crippen molar-refractivity contribution in [1.82, 2.24) is 0 Å². The van der Waals surface area contributed by atoms with E-state index in [1.807, 2.05) is 24.3 Å². The molecular weight excluding hydrogens is 296 g/mol. The first kappa shape index (κ1) is 18.1. The van der Waals surface area contributed by atoms with Crippen molar-refractivity contribution in [3.05, 3.63) is 58.7 Å². The Morgan fingerprint density at radius 3 is 1.50 bits per heavy atom. The van der Waals surface area contributed by atoms with E-state index in [1.165, 1.54) is 22.3 Å². The molecule has 0 bridgehead atoms. The molecule has 0 aliphatic carbocycles. The Morgan fingerprint density at radius 2 is 1.21 bits per heavy atom. The van der Waals surface area contributed by atoms with Gasteiger partial charge in [0, 0.05) is 0 Å². The van der Waals surface area contributed by atoms with Gasteiger partial charge in [0.2, 0.25) is 0 Å². The van der Waals surface area contributed by atoms with E-state index in [0.29, 0.717) is 0 Å². The maximum absolute atomic E-state index is 12.4. The summed E-state index contributed by atoms with van der Waals surface area (Å²) in [6.07, 6.45) is 3.63. The second kappa shape index (κ2) is 8.00. The summed E-state index contributed by atoms with van der Waals surface area (Å²) in [6, 6.07) is 11.9. The zero-order chi connectivity index (χ0) is 17.7. The lowest BCUT2D eigenvalue weighted by Gasteiger charge is -2.27. The first-order valence-corrected chi connectivity index (χ1v) is 8.89. The number of hydrogen-bond donors (Lipinski definition) is 1. The van der Waals surface area contributed by atoms with Gasteiger partial charge in [-0.25, -0.2) is 4.79 Å². The molecule has 2 rings (SSSR count). The molecule has 0 heterocycles. The molecule has 0 saturated heterocycles. The Balaban J connectivity index is 2.72. The van der Waals surface area contributed by atoms with E-state index in [4.69, 9.17) is 5.73 Å². The minimum Gasteiger partial charge on any atom is -0.351 e. The van der Waals surface area contributed by atoms with Gasteiger partial charge in [0.05, 0.1) is 11.4 Å². The van der Waals surface area contributed by atoms with Crippen LogP contribution in [0.5, 0.6) is 0 Å². The average Bonchev–Trinajstić information content (AvgIpc) is 2.60. The number of rotatable bonds is 6. The van der Waals surface area contributed by atoms with E-state index in [-0.39, 0.29) is 0 Å². The van der Waals surface area contributed by atoms with Crippen molar-refractivity contribution in [2.24, 2.45) is 5.73 Å². The number of amides is 2. The van der Waals surface area contributed by atoms with Gasteiger partial charge < -0.3 is 5.73 Å². The summed E-state index contributed by atoms with van der Waals surface area (Å²) in [4.78, 5) is 14.1. The van der Waals surface area contributed by atoms with Crippen molar-refractivity contribution in [3.63, 3.8) is 0 Å². The molecule has 0 aliphatic heterocycles. The number of carbonyl (C=O) groups is 1. The largest absolute Gasteiger partial charge is 0.351 e. The summed E-state index contributed by atoms with van der Waals surface area (Å²) in [5.74, 6) is 0. The molecule has 2 amide bonds. The summed E-state index contributed by atoms with van der Waals surface area (Å²) in [5, 5.41) is 0. The summed E-state index contributed by atoms with van der Waals surface area (Å²) >= 11 is 0. The maximum Gasteiger partial charge on any atom is 0.323 e. The van der Waals surface area contributed by atoms with Crippen LogP contribution in [0.2, 0.25) is 0 Å². The number of urea groups is 1. The standard InChI is InChI=1S/C21H28N2O/c1-5-15-11-9-13-19(17(15)7-3)23(21(22)24)20-14-10-12-16(6-2)18(20)8-4/h9-14H,5-8H2,1-4H3,(H2,22,24). The van der Waals surface area contributed by atoms with Crippen LogP contribution in [0.25, 0.3) is 0 Å². The van der Waals surface area contributed by atoms with Crippen LogP contribution in [0.3, 0.4) is 0 Å². The molecule has 0 aromatic heterocycles. The van der Waals surface area contributed by atoms with E-state index in [9.17, 15) is 4.79 Å². The van der Waals surface area contributed by atoms with Crippen LogP contribution in [0, 0.1) is 0 Å². The number of benzene rings is 2. The molecule has 128 valence electrons. The predicted molar refractivity (Wildman–Crippen MR) is 102 cm³/mol. The first-order valence-electron chi connectivity index (χ1n) is 8.89. The van der Waals surface area contributed by atoms with E-state index in [1.54, 1.807) is 4.90 Å². The van der Waals surface area contributed by atoms with Crippen molar-refractivity contribution < 1.29 is 4.79 Å². The number of primary amides is 1. The van der Waals surface area contributed by atoms with Crippen LogP contribution in [0.1, 0.15) is 49.9 Å². The van der Waals surface area contributed by atoms with Crippen molar-refractivity contribution in [3.8, 4) is 0 Å². The molecule has 0 fully saturated rings. The number of nitrogens with two attached hydrogens (primary N) is 1. The van der Waals surface area contributed by atoms with E-state index < -0.39 is 6.03 Å². The van der Waals surface area contributed by atoms with Gasteiger partial charge in [-0.05, 0) is 60.1 Å². The number of nitrogens with zero attached hydrogens (tertiary/aromatic N) is 1. The predicted octanol–water partition coefficient (Wildman–Crippen LogP) is 5.15. The Kier molecular flexibility index (Phi) is 6.02. The number of anilines is 2. The molecule has 3 nitrogen and oxygen atoms in total. The molecule has 0 aliphatic rings. The zero-order valence-electron chi connectivity index (χ0n) is 15.2. The molecule has 0 unspecified atom stereocenters. The summed E-state index contributed by atoms with van der Waals surface area (Å²) in [5.41, 5.74) is 12.6. The fraction of sp³-hybridized carbons (Fsp3) is 0.381. The van der Waals surface area contributed by atoms with Gasteiger partial charge in [0.15, 0.2) is 0 Å². The molecule has 0 spiro atoms. The Bertz CT molecular complexity index is 666. The fourth-order valence-corrected chi connectivity index (χ4v) is 3.51. The lowest BCUT2D eigenvalue weighted by molar-refractivity contribution is 0.256. The quantitative estimate of drug-likeness (QED) is 0.784. The number of hydrogen-bond acceptors (Lipinski definition) is 1. The van der Waals surface area contributed by atoms with Crippen LogP contribution in [-0.4, -0.2) is 6.03 Å². The third-order valence-corrected chi connectivity index (χ3v) is 4.67.